The molecule has 3 N–H and O–H groups in total. The number of carbonyl (C=O) groups excluding carboxylic acids is 1. The molecule has 0 radical (unpaired) electrons. The second kappa shape index (κ2) is 8.77. The van der Waals surface area contributed by atoms with Crippen LogP contribution >= 0.6 is 0 Å². The number of aliphatic hydroxyl groups excluding tert-OH is 2. The number of nitrogens with one attached hydrogen (secondary N) is 1. The Morgan fingerprint density at radius 3 is 2.22 bits per heavy atom. The van der Waals surface area contributed by atoms with E-state index in [0.29, 0.717) is 0 Å². The van der Waals surface area contributed by atoms with Crippen molar-refractivity contribution in [1.82, 2.24) is 5.32 Å². The number of benzene rings is 3. The standard InChI is InChI=1S/C27H27NO4/c29-25(26(30)19-12-10-17-9-11-18(17)15-19)13-14-28-27(31)32-16-24-22-7-3-1-5-20(22)21-6-2-4-8-23(21)24/h1-8,10,12,15,24-26,29-30H,9,11,13-14,16H2,(H,28,31). The fraction of sp³-hybridized carbons (Fsp3) is 0.296. The van der Waals surface area contributed by atoms with Gasteiger partial charge in [-0.3, -0.25) is 0 Å². The summed E-state index contributed by atoms with van der Waals surface area (Å²) in [5, 5.41) is 23.5. The van der Waals surface area contributed by atoms with Crippen LogP contribution in [0, 0.1) is 0 Å². The smallest absolute Gasteiger partial charge is 0.407 e. The van der Waals surface area contributed by atoms with Crippen LogP contribution in [0.25, 0.3) is 11.1 Å². The molecular weight excluding hydrogens is 402 g/mol. The monoisotopic (exact) mass is 429 g/mol. The highest BCUT2D eigenvalue weighted by molar-refractivity contribution is 5.79. The predicted octanol–water partition coefficient (Wildman–Crippen LogP) is 4.11. The number of fused-ring (bicyclic) bond motifs is 4. The molecule has 3 aromatic carbocycles. The predicted molar refractivity (Wildman–Crippen MR) is 123 cm³/mol. The van der Waals surface area contributed by atoms with Crippen LogP contribution < -0.4 is 5.32 Å². The van der Waals surface area contributed by atoms with Gasteiger partial charge in [0.05, 0.1) is 6.10 Å². The van der Waals surface area contributed by atoms with Gasteiger partial charge in [-0.05, 0) is 58.2 Å². The van der Waals surface area contributed by atoms with Crippen LogP contribution in [-0.4, -0.2) is 35.6 Å². The summed E-state index contributed by atoms with van der Waals surface area (Å²) in [7, 11) is 0. The van der Waals surface area contributed by atoms with E-state index in [4.69, 9.17) is 4.74 Å². The van der Waals surface area contributed by atoms with Crippen molar-refractivity contribution in [3.63, 3.8) is 0 Å². The van der Waals surface area contributed by atoms with E-state index in [-0.39, 0.29) is 25.5 Å². The molecule has 1 amide bonds. The van der Waals surface area contributed by atoms with E-state index in [1.165, 1.54) is 33.4 Å². The van der Waals surface area contributed by atoms with Crippen LogP contribution in [0.2, 0.25) is 0 Å². The molecule has 32 heavy (non-hydrogen) atoms. The van der Waals surface area contributed by atoms with Crippen LogP contribution in [-0.2, 0) is 17.6 Å². The number of carbonyl (C=O) groups is 1. The van der Waals surface area contributed by atoms with Crippen molar-refractivity contribution in [2.45, 2.75) is 37.4 Å². The van der Waals surface area contributed by atoms with E-state index in [1.54, 1.807) is 0 Å². The van der Waals surface area contributed by atoms with Crippen molar-refractivity contribution in [3.8, 4) is 11.1 Å². The average molecular weight is 430 g/mol. The zero-order valence-corrected chi connectivity index (χ0v) is 17.8. The minimum atomic E-state index is -0.967. The van der Waals surface area contributed by atoms with Crippen molar-refractivity contribution in [2.75, 3.05) is 13.2 Å². The summed E-state index contributed by atoms with van der Waals surface area (Å²) in [6.45, 7) is 0.472. The fourth-order valence-corrected chi connectivity index (χ4v) is 4.75. The Hall–Kier alpha value is -3.15. The molecular formula is C27H27NO4. The summed E-state index contributed by atoms with van der Waals surface area (Å²) < 4.78 is 5.51. The third-order valence-corrected chi connectivity index (χ3v) is 6.65. The number of rotatable bonds is 7. The molecule has 0 saturated heterocycles. The van der Waals surface area contributed by atoms with E-state index in [2.05, 4.69) is 29.6 Å². The zero-order valence-electron chi connectivity index (χ0n) is 17.8. The van der Waals surface area contributed by atoms with Crippen LogP contribution in [0.15, 0.2) is 66.7 Å². The van der Waals surface area contributed by atoms with Crippen molar-refractivity contribution in [3.05, 3.63) is 94.5 Å². The first-order chi connectivity index (χ1) is 15.6. The molecule has 0 aromatic heterocycles. The largest absolute Gasteiger partial charge is 0.449 e. The fourth-order valence-electron chi connectivity index (χ4n) is 4.75. The zero-order chi connectivity index (χ0) is 22.1. The average Bonchev–Trinajstić information content (AvgIpc) is 3.12. The van der Waals surface area contributed by atoms with Gasteiger partial charge in [0.25, 0.3) is 0 Å². The van der Waals surface area contributed by atoms with Crippen molar-refractivity contribution >= 4 is 6.09 Å². The number of amides is 1. The highest BCUT2D eigenvalue weighted by Crippen LogP contribution is 2.44. The number of hydrogen-bond acceptors (Lipinski definition) is 4. The summed E-state index contributed by atoms with van der Waals surface area (Å²) >= 11 is 0. The highest BCUT2D eigenvalue weighted by Gasteiger charge is 2.29. The van der Waals surface area contributed by atoms with Gasteiger partial charge in [-0.15, -0.1) is 0 Å². The van der Waals surface area contributed by atoms with E-state index in [9.17, 15) is 15.0 Å². The Labute approximate surface area is 187 Å². The maximum absolute atomic E-state index is 12.3. The van der Waals surface area contributed by atoms with Gasteiger partial charge in [-0.25, -0.2) is 4.79 Å². The number of hydrogen-bond donors (Lipinski definition) is 3. The summed E-state index contributed by atoms with van der Waals surface area (Å²) in [5.41, 5.74) is 7.97. The molecule has 0 bridgehead atoms. The van der Waals surface area contributed by atoms with Crippen molar-refractivity contribution < 1.29 is 19.7 Å². The molecule has 0 aliphatic heterocycles. The van der Waals surface area contributed by atoms with Gasteiger partial charge in [0.15, 0.2) is 0 Å². The molecule has 164 valence electrons. The van der Waals surface area contributed by atoms with Gasteiger partial charge in [0.2, 0.25) is 0 Å². The molecule has 0 spiro atoms. The summed E-state index contributed by atoms with van der Waals surface area (Å²) in [6.07, 6.45) is -0.0994. The second-order valence-corrected chi connectivity index (χ2v) is 8.58. The molecule has 5 nitrogen and oxygen atoms in total. The SMILES string of the molecule is O=C(NCCC(O)C(O)c1ccc2c(c1)CC2)OCC1c2ccccc2-c2ccccc21. The third-order valence-electron chi connectivity index (χ3n) is 6.65. The Bertz CT molecular complexity index is 1100. The molecule has 0 fully saturated rings. The third kappa shape index (κ3) is 3.90. The maximum atomic E-state index is 12.3. The molecule has 0 saturated carbocycles. The van der Waals surface area contributed by atoms with Gasteiger partial charge in [0, 0.05) is 12.5 Å². The van der Waals surface area contributed by atoms with E-state index in [1.807, 2.05) is 42.5 Å². The Kier molecular flexibility index (Phi) is 5.68. The first kappa shape index (κ1) is 20.7. The molecule has 0 heterocycles. The van der Waals surface area contributed by atoms with Gasteiger partial charge in [0.1, 0.15) is 12.7 Å². The molecule has 5 heteroatoms. The van der Waals surface area contributed by atoms with Crippen LogP contribution in [0.4, 0.5) is 4.79 Å². The number of aryl methyl sites for hydroxylation is 2. The molecule has 5 rings (SSSR count). The molecule has 2 aliphatic rings. The number of alkyl carbamates (subject to hydrolysis) is 1. The van der Waals surface area contributed by atoms with Gasteiger partial charge in [-0.1, -0.05) is 66.7 Å². The number of aliphatic hydroxyl groups is 2. The first-order valence-corrected chi connectivity index (χ1v) is 11.2. The Morgan fingerprint density at radius 2 is 1.59 bits per heavy atom. The van der Waals surface area contributed by atoms with Gasteiger partial charge >= 0.3 is 6.09 Å². The topological polar surface area (TPSA) is 78.8 Å². The lowest BCUT2D eigenvalue weighted by molar-refractivity contribution is 0.0136. The summed E-state index contributed by atoms with van der Waals surface area (Å²) in [4.78, 5) is 12.3. The highest BCUT2D eigenvalue weighted by atomic mass is 16.5. The van der Waals surface area contributed by atoms with E-state index >= 15 is 0 Å². The Morgan fingerprint density at radius 1 is 0.938 bits per heavy atom. The summed E-state index contributed by atoms with van der Waals surface area (Å²) in [5.74, 6) is 0.0105. The van der Waals surface area contributed by atoms with E-state index < -0.39 is 18.3 Å². The maximum Gasteiger partial charge on any atom is 0.407 e. The molecule has 3 aromatic rings. The van der Waals surface area contributed by atoms with Crippen molar-refractivity contribution in [1.29, 1.82) is 0 Å². The lowest BCUT2D eigenvalue weighted by atomic mass is 9.85. The first-order valence-electron chi connectivity index (χ1n) is 11.2. The number of ether oxygens (including phenoxy) is 1. The van der Waals surface area contributed by atoms with Crippen LogP contribution in [0.1, 0.15) is 46.3 Å². The van der Waals surface area contributed by atoms with Crippen LogP contribution in [0.5, 0.6) is 0 Å². The van der Waals surface area contributed by atoms with Crippen LogP contribution in [0.3, 0.4) is 0 Å². The Balaban J connectivity index is 1.12. The van der Waals surface area contributed by atoms with Crippen molar-refractivity contribution in [2.24, 2.45) is 0 Å². The quantitative estimate of drug-likeness (QED) is 0.528. The minimum absolute atomic E-state index is 0.0105. The van der Waals surface area contributed by atoms with Gasteiger partial charge < -0.3 is 20.3 Å². The molecule has 2 atom stereocenters. The van der Waals surface area contributed by atoms with Gasteiger partial charge in [-0.2, -0.15) is 0 Å². The lowest BCUT2D eigenvalue weighted by Gasteiger charge is -2.23. The summed E-state index contributed by atoms with van der Waals surface area (Å²) in [6, 6.07) is 22.2. The minimum Gasteiger partial charge on any atom is -0.449 e. The molecule has 2 aliphatic carbocycles. The lowest BCUT2D eigenvalue weighted by Crippen LogP contribution is -2.30. The normalized spacial score (nSPS) is 15.7. The van der Waals surface area contributed by atoms with E-state index in [0.717, 1.165) is 18.4 Å². The molecule has 2 unspecified atom stereocenters. The second-order valence-electron chi connectivity index (χ2n) is 8.58.